The zero-order valence-electron chi connectivity index (χ0n) is 10.7. The molecule has 2 aliphatic rings. The molecular formula is C12H19N5O. The summed E-state index contributed by atoms with van der Waals surface area (Å²) < 4.78 is 1.80. The Labute approximate surface area is 106 Å². The van der Waals surface area contributed by atoms with Crippen LogP contribution >= 0.6 is 0 Å². The fraction of sp³-hybridized carbons (Fsp3) is 0.750. The molecule has 2 fully saturated rings. The molecule has 1 aliphatic heterocycles. The Morgan fingerprint density at radius 2 is 2.28 bits per heavy atom. The third kappa shape index (κ3) is 2.38. The van der Waals surface area contributed by atoms with E-state index in [-0.39, 0.29) is 11.9 Å². The Morgan fingerprint density at radius 1 is 1.50 bits per heavy atom. The first-order valence-electron chi connectivity index (χ1n) is 6.71. The lowest BCUT2D eigenvalue weighted by Gasteiger charge is -2.39. The molecule has 0 atom stereocenters. The molecule has 2 heterocycles. The topological polar surface area (TPSA) is 63.1 Å². The molecule has 6 heteroatoms. The third-order valence-electron chi connectivity index (χ3n) is 3.50. The maximum absolute atomic E-state index is 11.9. The second kappa shape index (κ2) is 4.68. The number of aromatic nitrogens is 3. The molecule has 18 heavy (non-hydrogen) atoms. The Morgan fingerprint density at radius 3 is 2.94 bits per heavy atom. The van der Waals surface area contributed by atoms with Crippen LogP contribution in [0.5, 0.6) is 0 Å². The summed E-state index contributed by atoms with van der Waals surface area (Å²) in [5.74, 6) is -0.0944. The molecule has 1 saturated heterocycles. The van der Waals surface area contributed by atoms with E-state index in [1.54, 1.807) is 10.9 Å². The van der Waals surface area contributed by atoms with Crippen molar-refractivity contribution in [1.29, 1.82) is 0 Å². The van der Waals surface area contributed by atoms with E-state index in [9.17, 15) is 4.79 Å². The highest BCUT2D eigenvalue weighted by molar-refractivity contribution is 5.92. The monoisotopic (exact) mass is 249 g/mol. The van der Waals surface area contributed by atoms with E-state index in [1.807, 2.05) is 0 Å². The molecule has 1 saturated carbocycles. The van der Waals surface area contributed by atoms with Gasteiger partial charge in [0, 0.05) is 13.1 Å². The van der Waals surface area contributed by atoms with E-state index in [1.165, 1.54) is 0 Å². The second-order valence-electron chi connectivity index (χ2n) is 5.24. The number of rotatable bonds is 5. The molecule has 0 spiro atoms. The molecule has 6 nitrogen and oxygen atoms in total. The van der Waals surface area contributed by atoms with Gasteiger partial charge in [0.2, 0.25) is 0 Å². The summed E-state index contributed by atoms with van der Waals surface area (Å²) in [5.41, 5.74) is 0.441. The van der Waals surface area contributed by atoms with E-state index >= 15 is 0 Å². The van der Waals surface area contributed by atoms with E-state index < -0.39 is 0 Å². The van der Waals surface area contributed by atoms with Gasteiger partial charge in [0.05, 0.1) is 18.3 Å². The number of hydrogen-bond donors (Lipinski definition) is 1. The van der Waals surface area contributed by atoms with Crippen molar-refractivity contribution in [3.63, 3.8) is 0 Å². The van der Waals surface area contributed by atoms with Crippen LogP contribution < -0.4 is 5.32 Å². The number of carbonyl (C=O) groups is 1. The lowest BCUT2D eigenvalue weighted by Crippen LogP contribution is -2.59. The fourth-order valence-corrected chi connectivity index (χ4v) is 2.32. The van der Waals surface area contributed by atoms with E-state index in [0.717, 1.165) is 38.9 Å². The zero-order valence-corrected chi connectivity index (χ0v) is 10.7. The number of carbonyl (C=O) groups excluding carboxylic acids is 1. The molecule has 1 aromatic rings. The van der Waals surface area contributed by atoms with Gasteiger partial charge >= 0.3 is 0 Å². The minimum atomic E-state index is -0.0944. The summed E-state index contributed by atoms with van der Waals surface area (Å²) >= 11 is 0. The average Bonchev–Trinajstić information content (AvgIpc) is 3.04. The van der Waals surface area contributed by atoms with Gasteiger partial charge in [-0.05, 0) is 25.8 Å². The van der Waals surface area contributed by atoms with Gasteiger partial charge in [-0.1, -0.05) is 12.1 Å². The summed E-state index contributed by atoms with van der Waals surface area (Å²) in [6.45, 7) is 5.19. The molecule has 0 aromatic carbocycles. The van der Waals surface area contributed by atoms with Crippen LogP contribution in [0.25, 0.3) is 0 Å². The summed E-state index contributed by atoms with van der Waals surface area (Å²) in [4.78, 5) is 14.3. The Balaban J connectivity index is 1.49. The van der Waals surface area contributed by atoms with E-state index in [4.69, 9.17) is 0 Å². The van der Waals surface area contributed by atoms with Crippen LogP contribution in [0.2, 0.25) is 0 Å². The van der Waals surface area contributed by atoms with Gasteiger partial charge in [-0.3, -0.25) is 9.69 Å². The minimum Gasteiger partial charge on any atom is -0.345 e. The van der Waals surface area contributed by atoms with Crippen LogP contribution in [0.3, 0.4) is 0 Å². The van der Waals surface area contributed by atoms with E-state index in [0.29, 0.717) is 11.7 Å². The van der Waals surface area contributed by atoms with Crippen LogP contribution in [0.1, 0.15) is 42.7 Å². The average molecular weight is 249 g/mol. The quantitative estimate of drug-likeness (QED) is 0.822. The van der Waals surface area contributed by atoms with Crippen molar-refractivity contribution in [2.24, 2.45) is 0 Å². The SMILES string of the molecule is CCCN1CC(NC(=O)c2cn(C3CC3)nn2)C1. The second-order valence-corrected chi connectivity index (χ2v) is 5.24. The Kier molecular flexibility index (Phi) is 3.03. The highest BCUT2D eigenvalue weighted by Gasteiger charge is 2.29. The molecule has 1 N–H and O–H groups in total. The maximum atomic E-state index is 11.9. The van der Waals surface area contributed by atoms with Crippen LogP contribution in [0.4, 0.5) is 0 Å². The summed E-state index contributed by atoms with van der Waals surface area (Å²) in [5, 5.41) is 10.9. The zero-order chi connectivity index (χ0) is 12.5. The predicted octanol–water partition coefficient (Wildman–Crippen LogP) is 0.437. The van der Waals surface area contributed by atoms with Crippen molar-refractivity contribution in [2.45, 2.75) is 38.3 Å². The van der Waals surface area contributed by atoms with Gasteiger partial charge in [-0.25, -0.2) is 4.68 Å². The van der Waals surface area contributed by atoms with Crippen molar-refractivity contribution in [3.8, 4) is 0 Å². The molecule has 0 unspecified atom stereocenters. The summed E-state index contributed by atoms with van der Waals surface area (Å²) in [6, 6.07) is 0.748. The minimum absolute atomic E-state index is 0.0944. The molecule has 98 valence electrons. The van der Waals surface area contributed by atoms with Crippen LogP contribution in [-0.4, -0.2) is 51.5 Å². The summed E-state index contributed by atoms with van der Waals surface area (Å²) in [7, 11) is 0. The van der Waals surface area contributed by atoms with Gasteiger partial charge in [-0.15, -0.1) is 5.10 Å². The number of amides is 1. The van der Waals surface area contributed by atoms with Crippen molar-refractivity contribution in [3.05, 3.63) is 11.9 Å². The normalized spacial score (nSPS) is 20.7. The first-order chi connectivity index (χ1) is 8.76. The highest BCUT2D eigenvalue weighted by atomic mass is 16.2. The van der Waals surface area contributed by atoms with Crippen molar-refractivity contribution < 1.29 is 4.79 Å². The molecular weight excluding hydrogens is 230 g/mol. The molecule has 0 radical (unpaired) electrons. The Bertz CT molecular complexity index is 433. The number of likely N-dealkylation sites (tertiary alicyclic amines) is 1. The standard InChI is InChI=1S/C12H19N5O/c1-2-5-16-6-9(7-16)13-12(18)11-8-17(15-14-11)10-3-4-10/h8-10H,2-7H2,1H3,(H,13,18). The molecule has 3 rings (SSSR count). The molecule has 1 aromatic heterocycles. The van der Waals surface area contributed by atoms with E-state index in [2.05, 4.69) is 27.5 Å². The number of nitrogens with zero attached hydrogens (tertiary/aromatic N) is 4. The van der Waals surface area contributed by atoms with Gasteiger partial charge in [0.1, 0.15) is 0 Å². The van der Waals surface area contributed by atoms with Crippen LogP contribution in [0.15, 0.2) is 6.20 Å². The van der Waals surface area contributed by atoms with Crippen molar-refractivity contribution in [2.75, 3.05) is 19.6 Å². The van der Waals surface area contributed by atoms with Crippen LogP contribution in [0, 0.1) is 0 Å². The largest absolute Gasteiger partial charge is 0.345 e. The van der Waals surface area contributed by atoms with Crippen molar-refractivity contribution in [1.82, 2.24) is 25.2 Å². The smallest absolute Gasteiger partial charge is 0.273 e. The third-order valence-corrected chi connectivity index (χ3v) is 3.50. The van der Waals surface area contributed by atoms with Gasteiger partial charge in [-0.2, -0.15) is 0 Å². The predicted molar refractivity (Wildman–Crippen MR) is 66.3 cm³/mol. The van der Waals surface area contributed by atoms with Crippen molar-refractivity contribution >= 4 is 5.91 Å². The van der Waals surface area contributed by atoms with Crippen LogP contribution in [-0.2, 0) is 0 Å². The lowest BCUT2D eigenvalue weighted by molar-refractivity contribution is 0.0808. The summed E-state index contributed by atoms with van der Waals surface area (Å²) in [6.07, 6.45) is 5.23. The van der Waals surface area contributed by atoms with Gasteiger partial charge in [0.15, 0.2) is 5.69 Å². The highest BCUT2D eigenvalue weighted by Crippen LogP contribution is 2.33. The fourth-order valence-electron chi connectivity index (χ4n) is 2.32. The molecule has 0 bridgehead atoms. The number of nitrogens with one attached hydrogen (secondary N) is 1. The van der Waals surface area contributed by atoms with Gasteiger partial charge < -0.3 is 5.32 Å². The molecule has 1 aliphatic carbocycles. The first-order valence-corrected chi connectivity index (χ1v) is 6.71. The maximum Gasteiger partial charge on any atom is 0.273 e. The Hall–Kier alpha value is -1.43. The molecule has 1 amide bonds. The first kappa shape index (κ1) is 11.6. The number of hydrogen-bond acceptors (Lipinski definition) is 4. The lowest BCUT2D eigenvalue weighted by atomic mass is 10.1. The van der Waals surface area contributed by atoms with Gasteiger partial charge in [0.25, 0.3) is 5.91 Å².